The Bertz CT molecular complexity index is 1920. The van der Waals surface area contributed by atoms with Crippen molar-refractivity contribution in [3.63, 3.8) is 0 Å². The SMILES string of the molecule is C=C[C@@H]1C[C@]1(NC(=O)[C@H]1C[C@@H](Oc2cc(OCC)nc3c(Cl)cccc23)CN1C(=O)[C@@H](CC(=O)NC(C)(C)C)C(C)(C)C)C(=O)NS(=O)(=O)C1(C)CC1. The van der Waals surface area contributed by atoms with Gasteiger partial charge in [-0.05, 0) is 71.4 Å². The number of hydrogen-bond donors (Lipinski definition) is 3. The Morgan fingerprint density at radius 2 is 1.83 bits per heavy atom. The first-order valence-electron chi connectivity index (χ1n) is 18.1. The van der Waals surface area contributed by atoms with Crippen molar-refractivity contribution in [2.45, 2.75) is 115 Å². The number of ether oxygens (including phenoxy) is 2. The maximum Gasteiger partial charge on any atom is 0.259 e. The smallest absolute Gasteiger partial charge is 0.259 e. The number of para-hydroxylation sites is 1. The maximum absolute atomic E-state index is 14.6. The van der Waals surface area contributed by atoms with Gasteiger partial charge in [-0.3, -0.25) is 23.9 Å². The minimum Gasteiger partial charge on any atom is -0.488 e. The summed E-state index contributed by atoms with van der Waals surface area (Å²) in [6.07, 6.45) is 1.69. The molecule has 3 N–H and O–H groups in total. The summed E-state index contributed by atoms with van der Waals surface area (Å²) in [4.78, 5) is 61.8. The molecule has 0 bridgehead atoms. The Hall–Kier alpha value is -3.91. The van der Waals surface area contributed by atoms with Crippen molar-refractivity contribution in [3.8, 4) is 11.6 Å². The van der Waals surface area contributed by atoms with E-state index in [4.69, 9.17) is 21.1 Å². The number of likely N-dealkylation sites (tertiary alicyclic amines) is 1. The predicted molar refractivity (Wildman–Crippen MR) is 202 cm³/mol. The second-order valence-corrected chi connectivity index (χ2v) is 19.4. The van der Waals surface area contributed by atoms with E-state index in [1.165, 1.54) is 11.0 Å². The van der Waals surface area contributed by atoms with Gasteiger partial charge in [0.2, 0.25) is 33.6 Å². The van der Waals surface area contributed by atoms with E-state index in [-0.39, 0.29) is 37.6 Å². The van der Waals surface area contributed by atoms with Gasteiger partial charge in [0.25, 0.3) is 5.91 Å². The lowest BCUT2D eigenvalue weighted by Crippen LogP contribution is -2.58. The molecule has 2 saturated carbocycles. The highest BCUT2D eigenvalue weighted by Crippen LogP contribution is 2.47. The highest BCUT2D eigenvalue weighted by molar-refractivity contribution is 7.91. The highest BCUT2D eigenvalue weighted by atomic mass is 35.5. The second kappa shape index (κ2) is 14.4. The van der Waals surface area contributed by atoms with Gasteiger partial charge < -0.3 is 25.0 Å². The number of nitrogens with zero attached hydrogens (tertiary/aromatic N) is 2. The summed E-state index contributed by atoms with van der Waals surface area (Å²) in [7, 11) is -4.00. The fourth-order valence-electron chi connectivity index (χ4n) is 6.77. The predicted octanol–water partition coefficient (Wildman–Crippen LogP) is 4.66. The van der Waals surface area contributed by atoms with Crippen molar-refractivity contribution >= 4 is 56.2 Å². The summed E-state index contributed by atoms with van der Waals surface area (Å²) in [5.74, 6) is -2.91. The summed E-state index contributed by atoms with van der Waals surface area (Å²) in [6.45, 7) is 18.6. The van der Waals surface area contributed by atoms with E-state index in [1.54, 1.807) is 31.2 Å². The number of nitrogens with one attached hydrogen (secondary N) is 3. The molecule has 0 unspecified atom stereocenters. The molecule has 53 heavy (non-hydrogen) atoms. The molecule has 5 atom stereocenters. The molecule has 290 valence electrons. The molecule has 2 aliphatic carbocycles. The highest BCUT2D eigenvalue weighted by Gasteiger charge is 2.63. The Balaban J connectivity index is 1.48. The van der Waals surface area contributed by atoms with Crippen molar-refractivity contribution in [1.82, 2.24) is 25.2 Å². The molecule has 0 spiro atoms. The van der Waals surface area contributed by atoms with E-state index in [1.807, 2.05) is 48.5 Å². The van der Waals surface area contributed by atoms with Crippen molar-refractivity contribution in [2.24, 2.45) is 17.3 Å². The fourth-order valence-corrected chi connectivity index (χ4v) is 8.30. The van der Waals surface area contributed by atoms with Crippen LogP contribution in [-0.2, 0) is 29.2 Å². The Kier molecular flexibility index (Phi) is 10.9. The zero-order chi connectivity index (χ0) is 39.3. The number of hydrogen-bond acceptors (Lipinski definition) is 9. The number of pyridine rings is 1. The van der Waals surface area contributed by atoms with Gasteiger partial charge in [-0.2, -0.15) is 0 Å². The van der Waals surface area contributed by atoms with Crippen LogP contribution in [0.5, 0.6) is 11.6 Å². The molecule has 3 fully saturated rings. The average Bonchev–Trinajstić information content (AvgIpc) is 3.93. The number of carbonyl (C=O) groups is 4. The summed E-state index contributed by atoms with van der Waals surface area (Å²) < 4.78 is 39.4. The minimum atomic E-state index is -4.00. The summed E-state index contributed by atoms with van der Waals surface area (Å²) >= 11 is 6.50. The quantitative estimate of drug-likeness (QED) is 0.245. The van der Waals surface area contributed by atoms with Gasteiger partial charge in [-0.1, -0.05) is 44.5 Å². The lowest BCUT2D eigenvalue weighted by Gasteiger charge is -2.35. The number of amides is 4. The zero-order valence-corrected chi connectivity index (χ0v) is 33.4. The molecule has 5 rings (SSSR count). The molecule has 3 aliphatic rings. The zero-order valence-electron chi connectivity index (χ0n) is 31.8. The number of aromatic nitrogens is 1. The van der Waals surface area contributed by atoms with Crippen LogP contribution < -0.4 is 24.8 Å². The molecule has 15 heteroatoms. The van der Waals surface area contributed by atoms with Crippen molar-refractivity contribution in [3.05, 3.63) is 41.9 Å². The monoisotopic (exact) mass is 773 g/mol. The van der Waals surface area contributed by atoms with E-state index in [0.717, 1.165) is 0 Å². The largest absolute Gasteiger partial charge is 0.488 e. The van der Waals surface area contributed by atoms with Gasteiger partial charge in [-0.25, -0.2) is 13.4 Å². The van der Waals surface area contributed by atoms with Crippen LogP contribution in [-0.4, -0.2) is 83.1 Å². The van der Waals surface area contributed by atoms with Gasteiger partial charge >= 0.3 is 0 Å². The topological polar surface area (TPSA) is 173 Å². The standard InChI is InChI=1S/C38H52ClN5O8S/c1-10-22-20-38(22,34(48)43-53(49,50)37(9)15-16-37)42-32(46)27-17-23(52-28-19-30(51-11-2)40-31-24(28)13-12-14-26(31)39)21-44(27)33(47)25(35(3,4)5)18-29(45)41-36(6,7)8/h10,12-14,19,22-23,25,27H,1,11,15-18,20-21H2,2-9H3,(H,41,45)(H,42,46)(H,43,48)/t22-,23-,25-,27-,38-/m1/s1. The van der Waals surface area contributed by atoms with Gasteiger partial charge in [0.05, 0.1) is 34.4 Å². The van der Waals surface area contributed by atoms with E-state index in [9.17, 15) is 27.6 Å². The van der Waals surface area contributed by atoms with Crippen molar-refractivity contribution in [2.75, 3.05) is 13.2 Å². The first-order valence-corrected chi connectivity index (χ1v) is 19.9. The third-order valence-corrected chi connectivity index (χ3v) is 12.8. The van der Waals surface area contributed by atoms with Crippen molar-refractivity contribution in [1.29, 1.82) is 0 Å². The molecule has 2 aromatic rings. The van der Waals surface area contributed by atoms with Crippen LogP contribution in [0.15, 0.2) is 36.9 Å². The molecule has 1 saturated heterocycles. The summed E-state index contributed by atoms with van der Waals surface area (Å²) in [5, 5.41) is 6.74. The van der Waals surface area contributed by atoms with Gasteiger partial charge in [0.1, 0.15) is 23.4 Å². The van der Waals surface area contributed by atoms with Gasteiger partial charge in [-0.15, -0.1) is 6.58 Å². The lowest BCUT2D eigenvalue weighted by atomic mass is 9.77. The van der Waals surface area contributed by atoms with Crippen LogP contribution in [0.3, 0.4) is 0 Å². The first-order chi connectivity index (χ1) is 24.5. The van der Waals surface area contributed by atoms with Crippen LogP contribution in [0.1, 0.15) is 87.5 Å². The minimum absolute atomic E-state index is 0.0183. The van der Waals surface area contributed by atoms with E-state index in [2.05, 4.69) is 26.9 Å². The number of sulfonamides is 1. The van der Waals surface area contributed by atoms with E-state index in [0.29, 0.717) is 41.1 Å². The Morgan fingerprint density at radius 3 is 2.40 bits per heavy atom. The molecular weight excluding hydrogens is 722 g/mol. The number of carbonyl (C=O) groups excluding carboxylic acids is 4. The van der Waals surface area contributed by atoms with Gasteiger partial charge in [0, 0.05) is 35.8 Å². The average molecular weight is 774 g/mol. The Morgan fingerprint density at radius 1 is 1.15 bits per heavy atom. The molecule has 1 aromatic heterocycles. The lowest BCUT2D eigenvalue weighted by molar-refractivity contribution is -0.147. The number of rotatable bonds is 13. The molecule has 2 heterocycles. The second-order valence-electron chi connectivity index (χ2n) is 16.8. The number of benzene rings is 1. The molecule has 4 amide bonds. The van der Waals surface area contributed by atoms with Crippen molar-refractivity contribution < 1.29 is 37.1 Å². The third-order valence-electron chi connectivity index (χ3n) is 10.3. The normalized spacial score (nSPS) is 24.2. The third kappa shape index (κ3) is 8.58. The van der Waals surface area contributed by atoms with Crippen LogP contribution in [0, 0.1) is 17.3 Å². The summed E-state index contributed by atoms with van der Waals surface area (Å²) in [6, 6.07) is 5.77. The van der Waals surface area contributed by atoms with E-state index >= 15 is 0 Å². The molecule has 13 nitrogen and oxygen atoms in total. The summed E-state index contributed by atoms with van der Waals surface area (Å²) in [5.41, 5.74) is -2.32. The van der Waals surface area contributed by atoms with Crippen LogP contribution in [0.25, 0.3) is 10.9 Å². The Labute approximate surface area is 317 Å². The fraction of sp³-hybridized carbons (Fsp3) is 0.605. The van der Waals surface area contributed by atoms with Crippen LogP contribution in [0.2, 0.25) is 5.02 Å². The maximum atomic E-state index is 14.6. The van der Waals surface area contributed by atoms with Crippen LogP contribution in [0.4, 0.5) is 0 Å². The van der Waals surface area contributed by atoms with Gasteiger partial charge in [0.15, 0.2) is 0 Å². The van der Waals surface area contributed by atoms with E-state index < -0.39 is 73.0 Å². The number of fused-ring (bicyclic) bond motifs is 1. The molecular formula is C38H52ClN5O8S. The molecule has 0 radical (unpaired) electrons. The molecule has 1 aliphatic heterocycles. The van der Waals surface area contributed by atoms with Crippen LogP contribution >= 0.6 is 11.6 Å². The molecule has 1 aromatic carbocycles. The number of halogens is 1. The first kappa shape index (κ1) is 40.3.